The number of rotatable bonds is 3. The van der Waals surface area contributed by atoms with Crippen LogP contribution in [-0.2, 0) is 0 Å². The Morgan fingerprint density at radius 3 is 2.74 bits per heavy atom. The molecule has 1 saturated heterocycles. The van der Waals surface area contributed by atoms with Gasteiger partial charge in [0.15, 0.2) is 0 Å². The highest BCUT2D eigenvalue weighted by atomic mass is 15.1. The summed E-state index contributed by atoms with van der Waals surface area (Å²) in [4.78, 5) is 6.80. The number of hydrogen-bond acceptors (Lipinski definition) is 4. The van der Waals surface area contributed by atoms with Gasteiger partial charge in [0.2, 0.25) is 0 Å². The van der Waals surface area contributed by atoms with Crippen LogP contribution in [0.15, 0.2) is 12.1 Å². The number of nitrogens with zero attached hydrogens (tertiary/aromatic N) is 3. The Bertz CT molecular complexity index is 481. The maximum absolute atomic E-state index is 9.11. The van der Waals surface area contributed by atoms with Gasteiger partial charge in [-0.2, -0.15) is 5.26 Å². The molecule has 0 saturated carbocycles. The van der Waals surface area contributed by atoms with E-state index in [1.165, 1.54) is 12.8 Å². The van der Waals surface area contributed by atoms with Crippen LogP contribution < -0.4 is 5.32 Å². The predicted molar refractivity (Wildman–Crippen MR) is 77.0 cm³/mol. The van der Waals surface area contributed by atoms with Crippen LogP contribution in [0.5, 0.6) is 0 Å². The Hall–Kier alpha value is -1.60. The van der Waals surface area contributed by atoms with E-state index in [2.05, 4.69) is 35.2 Å². The smallest absolute Gasteiger partial charge is 0.144 e. The third-order valence-corrected chi connectivity index (χ3v) is 4.03. The maximum Gasteiger partial charge on any atom is 0.144 e. The van der Waals surface area contributed by atoms with Crippen LogP contribution in [0, 0.1) is 23.7 Å². The van der Waals surface area contributed by atoms with E-state index in [9.17, 15) is 0 Å². The van der Waals surface area contributed by atoms with E-state index in [4.69, 9.17) is 5.26 Å². The Morgan fingerprint density at radius 2 is 2.11 bits per heavy atom. The predicted octanol–water partition coefficient (Wildman–Crippen LogP) is 2.41. The van der Waals surface area contributed by atoms with Crippen LogP contribution in [-0.4, -0.2) is 36.6 Å². The molecular weight excluding hydrogens is 236 g/mol. The standard InChI is InChI=1S/C15H22N4/c1-12-4-5-13(10-16)14(18-12)17-11-15(2)6-8-19(3)9-7-15/h4-5H,6-9,11H2,1-3H3,(H,17,18). The molecule has 0 atom stereocenters. The van der Waals surface area contributed by atoms with E-state index in [0.717, 1.165) is 31.1 Å². The van der Waals surface area contributed by atoms with E-state index in [1.54, 1.807) is 0 Å². The molecule has 102 valence electrons. The molecule has 2 rings (SSSR count). The summed E-state index contributed by atoms with van der Waals surface area (Å²) in [5.74, 6) is 0.725. The van der Waals surface area contributed by atoms with Gasteiger partial charge in [-0.25, -0.2) is 4.98 Å². The monoisotopic (exact) mass is 258 g/mol. The van der Waals surface area contributed by atoms with Crippen molar-refractivity contribution in [3.8, 4) is 6.07 Å². The van der Waals surface area contributed by atoms with Gasteiger partial charge >= 0.3 is 0 Å². The molecule has 1 N–H and O–H groups in total. The molecule has 0 amide bonds. The highest BCUT2D eigenvalue weighted by molar-refractivity contribution is 5.52. The SMILES string of the molecule is Cc1ccc(C#N)c(NCC2(C)CCN(C)CC2)n1. The fraction of sp³-hybridized carbons (Fsp3) is 0.600. The maximum atomic E-state index is 9.11. The minimum Gasteiger partial charge on any atom is -0.368 e. The highest BCUT2D eigenvalue weighted by Crippen LogP contribution is 2.30. The molecule has 1 aromatic heterocycles. The fourth-order valence-electron chi connectivity index (χ4n) is 2.41. The van der Waals surface area contributed by atoms with Crippen LogP contribution in [0.1, 0.15) is 31.0 Å². The van der Waals surface area contributed by atoms with E-state index in [-0.39, 0.29) is 0 Å². The first-order valence-corrected chi connectivity index (χ1v) is 6.83. The molecule has 19 heavy (non-hydrogen) atoms. The molecule has 0 bridgehead atoms. The van der Waals surface area contributed by atoms with E-state index >= 15 is 0 Å². The molecule has 0 aromatic carbocycles. The summed E-state index contributed by atoms with van der Waals surface area (Å²) in [6, 6.07) is 5.91. The minimum atomic E-state index is 0.296. The second kappa shape index (κ2) is 5.58. The minimum absolute atomic E-state index is 0.296. The zero-order valence-corrected chi connectivity index (χ0v) is 12.0. The number of pyridine rings is 1. The van der Waals surface area contributed by atoms with E-state index in [1.807, 2.05) is 19.1 Å². The van der Waals surface area contributed by atoms with Crippen LogP contribution in [0.3, 0.4) is 0 Å². The molecule has 1 aliphatic heterocycles. The summed E-state index contributed by atoms with van der Waals surface area (Å²) >= 11 is 0. The van der Waals surface area contributed by atoms with Crippen LogP contribution in [0.25, 0.3) is 0 Å². The summed E-state index contributed by atoms with van der Waals surface area (Å²) in [5.41, 5.74) is 1.86. The molecule has 1 aliphatic rings. The highest BCUT2D eigenvalue weighted by Gasteiger charge is 2.28. The van der Waals surface area contributed by atoms with Gasteiger partial charge in [-0.05, 0) is 57.5 Å². The molecule has 4 heteroatoms. The van der Waals surface area contributed by atoms with Crippen molar-refractivity contribution >= 4 is 5.82 Å². The number of aryl methyl sites for hydroxylation is 1. The number of nitrogens with one attached hydrogen (secondary N) is 1. The van der Waals surface area contributed by atoms with Gasteiger partial charge in [0, 0.05) is 12.2 Å². The summed E-state index contributed by atoms with van der Waals surface area (Å²) in [5, 5.41) is 12.5. The Labute approximate surface area is 115 Å². The number of piperidine rings is 1. The number of likely N-dealkylation sites (tertiary alicyclic amines) is 1. The Morgan fingerprint density at radius 1 is 1.42 bits per heavy atom. The van der Waals surface area contributed by atoms with Gasteiger partial charge in [0.05, 0.1) is 5.56 Å². The first-order chi connectivity index (χ1) is 9.02. The molecule has 4 nitrogen and oxygen atoms in total. The second-order valence-electron chi connectivity index (χ2n) is 5.93. The van der Waals surface area contributed by atoms with Crippen LogP contribution >= 0.6 is 0 Å². The largest absolute Gasteiger partial charge is 0.368 e. The van der Waals surface area contributed by atoms with Crippen LogP contribution in [0.2, 0.25) is 0 Å². The topological polar surface area (TPSA) is 52.0 Å². The fourth-order valence-corrected chi connectivity index (χ4v) is 2.41. The molecule has 0 aliphatic carbocycles. The van der Waals surface area contributed by atoms with E-state index in [0.29, 0.717) is 11.0 Å². The molecule has 2 heterocycles. The summed E-state index contributed by atoms with van der Waals surface area (Å²) in [7, 11) is 2.17. The average Bonchev–Trinajstić information content (AvgIpc) is 2.41. The zero-order chi connectivity index (χ0) is 13.9. The number of anilines is 1. The quantitative estimate of drug-likeness (QED) is 0.904. The number of aromatic nitrogens is 1. The molecule has 1 aromatic rings. The van der Waals surface area contributed by atoms with Crippen molar-refractivity contribution in [2.75, 3.05) is 32.0 Å². The Kier molecular flexibility index (Phi) is 4.06. The first kappa shape index (κ1) is 13.8. The van der Waals surface area contributed by atoms with Crippen molar-refractivity contribution in [3.05, 3.63) is 23.4 Å². The lowest BCUT2D eigenvalue weighted by Gasteiger charge is -2.38. The van der Waals surface area contributed by atoms with Crippen molar-refractivity contribution in [2.24, 2.45) is 5.41 Å². The zero-order valence-electron chi connectivity index (χ0n) is 12.0. The molecular formula is C15H22N4. The molecule has 0 spiro atoms. The van der Waals surface area contributed by atoms with E-state index < -0.39 is 0 Å². The third kappa shape index (κ3) is 3.45. The number of hydrogen-bond donors (Lipinski definition) is 1. The molecule has 1 fully saturated rings. The number of nitriles is 1. The van der Waals surface area contributed by atoms with Gasteiger partial charge in [-0.3, -0.25) is 0 Å². The lowest BCUT2D eigenvalue weighted by atomic mass is 9.80. The van der Waals surface area contributed by atoms with Gasteiger partial charge in [-0.1, -0.05) is 6.92 Å². The third-order valence-electron chi connectivity index (χ3n) is 4.03. The van der Waals surface area contributed by atoms with Crippen molar-refractivity contribution in [1.82, 2.24) is 9.88 Å². The van der Waals surface area contributed by atoms with Crippen molar-refractivity contribution in [2.45, 2.75) is 26.7 Å². The molecule has 0 radical (unpaired) electrons. The lowest BCUT2D eigenvalue weighted by molar-refractivity contribution is 0.150. The Balaban J connectivity index is 2.03. The normalized spacial score (nSPS) is 18.8. The van der Waals surface area contributed by atoms with Crippen molar-refractivity contribution < 1.29 is 0 Å². The van der Waals surface area contributed by atoms with Gasteiger partial charge in [0.25, 0.3) is 0 Å². The average molecular weight is 258 g/mol. The van der Waals surface area contributed by atoms with Crippen molar-refractivity contribution in [1.29, 1.82) is 5.26 Å². The van der Waals surface area contributed by atoms with Gasteiger partial charge in [0.1, 0.15) is 11.9 Å². The first-order valence-electron chi connectivity index (χ1n) is 6.83. The summed E-state index contributed by atoms with van der Waals surface area (Å²) in [6.07, 6.45) is 2.37. The second-order valence-corrected chi connectivity index (χ2v) is 5.93. The van der Waals surface area contributed by atoms with Gasteiger partial charge < -0.3 is 10.2 Å². The summed E-state index contributed by atoms with van der Waals surface area (Å²) < 4.78 is 0. The lowest BCUT2D eigenvalue weighted by Crippen LogP contribution is -2.40. The molecule has 0 unspecified atom stereocenters. The van der Waals surface area contributed by atoms with Crippen molar-refractivity contribution in [3.63, 3.8) is 0 Å². The summed E-state index contributed by atoms with van der Waals surface area (Å²) in [6.45, 7) is 7.43. The van der Waals surface area contributed by atoms with Crippen LogP contribution in [0.4, 0.5) is 5.82 Å². The van der Waals surface area contributed by atoms with Gasteiger partial charge in [-0.15, -0.1) is 0 Å².